The highest BCUT2D eigenvalue weighted by Crippen LogP contribution is 2.25. The molecule has 0 aliphatic heterocycles. The fourth-order valence-corrected chi connectivity index (χ4v) is 2.09. The number of nitrogens with one attached hydrogen (secondary N) is 1. The molecule has 1 fully saturated rings. The molecule has 0 unspecified atom stereocenters. The van der Waals surface area contributed by atoms with Gasteiger partial charge in [0, 0.05) is 32.2 Å². The van der Waals surface area contributed by atoms with Crippen LogP contribution in [0.1, 0.15) is 33.1 Å². The van der Waals surface area contributed by atoms with E-state index in [1.165, 1.54) is 17.7 Å². The van der Waals surface area contributed by atoms with Crippen LogP contribution in [0.3, 0.4) is 0 Å². The molecule has 19 heavy (non-hydrogen) atoms. The largest absolute Gasteiger partial charge is 0.481 e. The van der Waals surface area contributed by atoms with Gasteiger partial charge in [0.25, 0.3) is 0 Å². The molecule has 0 spiro atoms. The molecule has 1 saturated carbocycles. The molecule has 6 nitrogen and oxygen atoms in total. The highest BCUT2D eigenvalue weighted by molar-refractivity contribution is 5.75. The highest BCUT2D eigenvalue weighted by Gasteiger charge is 2.27. The van der Waals surface area contributed by atoms with Crippen LogP contribution in [0.4, 0.5) is 4.79 Å². The minimum Gasteiger partial charge on any atom is -0.481 e. The van der Waals surface area contributed by atoms with Gasteiger partial charge in [0.1, 0.15) is 0 Å². The fourth-order valence-electron chi connectivity index (χ4n) is 2.09. The summed E-state index contributed by atoms with van der Waals surface area (Å²) in [5.74, 6) is -0.878. The minimum atomic E-state index is -0.878. The van der Waals surface area contributed by atoms with E-state index in [0.29, 0.717) is 19.1 Å². The average molecular weight is 271 g/mol. The van der Waals surface area contributed by atoms with Crippen molar-refractivity contribution in [1.29, 1.82) is 0 Å². The quantitative estimate of drug-likeness (QED) is 0.655. The summed E-state index contributed by atoms with van der Waals surface area (Å²) in [6.45, 7) is 7.26. The van der Waals surface area contributed by atoms with Crippen LogP contribution in [-0.2, 0) is 4.79 Å². The molecule has 0 aromatic carbocycles. The Bertz CT molecular complexity index is 306. The molecule has 110 valence electrons. The Balaban J connectivity index is 2.21. The minimum absolute atomic E-state index is 0.00950. The summed E-state index contributed by atoms with van der Waals surface area (Å²) < 4.78 is 0. The van der Waals surface area contributed by atoms with E-state index in [-0.39, 0.29) is 19.0 Å². The molecular formula is C13H25N3O3. The average Bonchev–Trinajstić information content (AvgIpc) is 3.19. The van der Waals surface area contributed by atoms with E-state index < -0.39 is 5.97 Å². The zero-order chi connectivity index (χ0) is 14.3. The number of carbonyl (C=O) groups is 2. The number of rotatable bonds is 9. The lowest BCUT2D eigenvalue weighted by Gasteiger charge is -2.23. The van der Waals surface area contributed by atoms with Gasteiger partial charge in [-0.2, -0.15) is 0 Å². The van der Waals surface area contributed by atoms with Gasteiger partial charge < -0.3 is 15.3 Å². The Morgan fingerprint density at radius 2 is 1.89 bits per heavy atom. The van der Waals surface area contributed by atoms with Crippen molar-refractivity contribution in [2.45, 2.75) is 39.2 Å². The Morgan fingerprint density at radius 3 is 2.37 bits per heavy atom. The van der Waals surface area contributed by atoms with Crippen molar-refractivity contribution in [3.63, 3.8) is 0 Å². The van der Waals surface area contributed by atoms with Crippen LogP contribution in [0.2, 0.25) is 0 Å². The molecule has 0 radical (unpaired) electrons. The van der Waals surface area contributed by atoms with Crippen LogP contribution in [0.5, 0.6) is 0 Å². The van der Waals surface area contributed by atoms with Crippen molar-refractivity contribution in [2.75, 3.05) is 32.7 Å². The Kier molecular flexibility index (Phi) is 6.62. The van der Waals surface area contributed by atoms with Crippen LogP contribution >= 0.6 is 0 Å². The molecule has 0 aromatic heterocycles. The number of carboxylic acid groups (broad SMARTS) is 1. The number of nitrogens with zero attached hydrogens (tertiary/aromatic N) is 2. The second kappa shape index (κ2) is 7.99. The van der Waals surface area contributed by atoms with Crippen LogP contribution in [0, 0.1) is 0 Å². The second-order valence-corrected chi connectivity index (χ2v) is 4.82. The van der Waals surface area contributed by atoms with Crippen molar-refractivity contribution < 1.29 is 14.7 Å². The second-order valence-electron chi connectivity index (χ2n) is 4.82. The number of amides is 2. The van der Waals surface area contributed by atoms with Gasteiger partial charge in [-0.3, -0.25) is 9.69 Å². The summed E-state index contributed by atoms with van der Waals surface area (Å²) in [4.78, 5) is 26.2. The van der Waals surface area contributed by atoms with Gasteiger partial charge in [0.05, 0.1) is 6.42 Å². The number of hydrogen-bond donors (Lipinski definition) is 2. The molecule has 2 amide bonds. The number of urea groups is 1. The Morgan fingerprint density at radius 1 is 1.21 bits per heavy atom. The number of hydrogen-bond acceptors (Lipinski definition) is 3. The standard InChI is InChI=1S/C13H25N3O3/c1-3-15(11-5-6-11)10-8-14-13(19)16(4-2)9-7-12(17)18/h11H,3-10H2,1-2H3,(H,14,19)(H,17,18). The summed E-state index contributed by atoms with van der Waals surface area (Å²) in [7, 11) is 0. The molecule has 0 atom stereocenters. The van der Waals surface area contributed by atoms with Crippen LogP contribution < -0.4 is 5.32 Å². The van der Waals surface area contributed by atoms with Crippen molar-refractivity contribution in [1.82, 2.24) is 15.1 Å². The normalized spacial score (nSPS) is 14.5. The molecule has 2 N–H and O–H groups in total. The van der Waals surface area contributed by atoms with Crippen molar-refractivity contribution in [2.24, 2.45) is 0 Å². The first kappa shape index (κ1) is 15.8. The topological polar surface area (TPSA) is 72.9 Å². The summed E-state index contributed by atoms with van der Waals surface area (Å²) in [6, 6.07) is 0.534. The van der Waals surface area contributed by atoms with E-state index in [4.69, 9.17) is 5.11 Å². The van der Waals surface area contributed by atoms with Crippen LogP contribution in [0.25, 0.3) is 0 Å². The van der Waals surface area contributed by atoms with E-state index in [9.17, 15) is 9.59 Å². The van der Waals surface area contributed by atoms with Gasteiger partial charge in [0.2, 0.25) is 0 Å². The molecule has 1 rings (SSSR count). The van der Waals surface area contributed by atoms with E-state index in [0.717, 1.165) is 13.1 Å². The SMILES string of the molecule is CCN(CCC(=O)O)C(=O)NCCN(CC)C1CC1. The van der Waals surface area contributed by atoms with E-state index in [1.807, 2.05) is 6.92 Å². The smallest absolute Gasteiger partial charge is 0.317 e. The predicted octanol–water partition coefficient (Wildman–Crippen LogP) is 0.977. The summed E-state index contributed by atoms with van der Waals surface area (Å²) >= 11 is 0. The molecule has 6 heteroatoms. The third-order valence-corrected chi connectivity index (χ3v) is 3.41. The molecule has 0 saturated heterocycles. The maximum atomic E-state index is 11.8. The molecule has 1 aliphatic rings. The first-order chi connectivity index (χ1) is 9.08. The Labute approximate surface area is 114 Å². The summed E-state index contributed by atoms with van der Waals surface area (Å²) in [5, 5.41) is 11.5. The van der Waals surface area contributed by atoms with Crippen molar-refractivity contribution in [3.8, 4) is 0 Å². The zero-order valence-corrected chi connectivity index (χ0v) is 11.9. The van der Waals surface area contributed by atoms with Gasteiger partial charge in [-0.1, -0.05) is 6.92 Å². The van der Waals surface area contributed by atoms with E-state index >= 15 is 0 Å². The molecule has 0 aromatic rings. The lowest BCUT2D eigenvalue weighted by atomic mass is 10.4. The molecular weight excluding hydrogens is 246 g/mol. The lowest BCUT2D eigenvalue weighted by molar-refractivity contribution is -0.137. The van der Waals surface area contributed by atoms with E-state index in [1.54, 1.807) is 0 Å². The van der Waals surface area contributed by atoms with E-state index in [2.05, 4.69) is 17.1 Å². The van der Waals surface area contributed by atoms with Gasteiger partial charge >= 0.3 is 12.0 Å². The van der Waals surface area contributed by atoms with Crippen molar-refractivity contribution in [3.05, 3.63) is 0 Å². The monoisotopic (exact) mass is 271 g/mol. The van der Waals surface area contributed by atoms with Crippen LogP contribution in [-0.4, -0.2) is 65.7 Å². The highest BCUT2D eigenvalue weighted by atomic mass is 16.4. The number of carboxylic acids is 1. The maximum absolute atomic E-state index is 11.8. The third-order valence-electron chi connectivity index (χ3n) is 3.41. The van der Waals surface area contributed by atoms with Crippen molar-refractivity contribution >= 4 is 12.0 Å². The van der Waals surface area contributed by atoms with Crippen LogP contribution in [0.15, 0.2) is 0 Å². The predicted molar refractivity (Wildman–Crippen MR) is 73.2 cm³/mol. The maximum Gasteiger partial charge on any atom is 0.317 e. The Hall–Kier alpha value is -1.30. The molecule has 0 bridgehead atoms. The summed E-state index contributed by atoms with van der Waals surface area (Å²) in [6.07, 6.45) is 2.52. The molecule has 0 heterocycles. The van der Waals surface area contributed by atoms with Gasteiger partial charge in [0.15, 0.2) is 0 Å². The number of aliphatic carboxylic acids is 1. The van der Waals surface area contributed by atoms with Gasteiger partial charge in [-0.15, -0.1) is 0 Å². The summed E-state index contributed by atoms with van der Waals surface area (Å²) in [5.41, 5.74) is 0. The lowest BCUT2D eigenvalue weighted by Crippen LogP contribution is -2.44. The number of carbonyl (C=O) groups excluding carboxylic acids is 1. The first-order valence-electron chi connectivity index (χ1n) is 7.07. The number of likely N-dealkylation sites (N-methyl/N-ethyl adjacent to an activating group) is 1. The zero-order valence-electron chi connectivity index (χ0n) is 11.9. The first-order valence-corrected chi connectivity index (χ1v) is 7.07. The molecule has 1 aliphatic carbocycles. The van der Waals surface area contributed by atoms with Gasteiger partial charge in [-0.05, 0) is 26.3 Å². The fraction of sp³-hybridized carbons (Fsp3) is 0.846. The van der Waals surface area contributed by atoms with Gasteiger partial charge in [-0.25, -0.2) is 4.79 Å². The third kappa shape index (κ3) is 5.92.